The number of carbonyl (C=O) groups is 1. The second kappa shape index (κ2) is 7.20. The van der Waals surface area contributed by atoms with Gasteiger partial charge in [0.1, 0.15) is 0 Å². The van der Waals surface area contributed by atoms with Crippen molar-refractivity contribution in [2.24, 2.45) is 0 Å². The molecule has 0 bridgehead atoms. The quantitative estimate of drug-likeness (QED) is 0.832. The Morgan fingerprint density at radius 3 is 2.61 bits per heavy atom. The summed E-state index contributed by atoms with van der Waals surface area (Å²) in [5.74, 6) is 0.174. The summed E-state index contributed by atoms with van der Waals surface area (Å²) >= 11 is 5.97. The maximum Gasteiger partial charge on any atom is 0.222 e. The molecule has 0 aromatic heterocycles. The summed E-state index contributed by atoms with van der Waals surface area (Å²) < 4.78 is 0. The summed E-state index contributed by atoms with van der Waals surface area (Å²) in [7, 11) is 0. The molecule has 126 valence electrons. The molecular formula is C18H25ClN2O2. The van der Waals surface area contributed by atoms with Gasteiger partial charge in [-0.3, -0.25) is 9.69 Å². The highest BCUT2D eigenvalue weighted by atomic mass is 35.5. The van der Waals surface area contributed by atoms with Gasteiger partial charge < -0.3 is 10.0 Å². The monoisotopic (exact) mass is 336 g/mol. The molecule has 3 rings (SSSR count). The average Bonchev–Trinajstić information content (AvgIpc) is 3.29. The lowest BCUT2D eigenvalue weighted by Crippen LogP contribution is -2.42. The van der Waals surface area contributed by atoms with Crippen LogP contribution in [-0.2, 0) is 4.79 Å². The van der Waals surface area contributed by atoms with E-state index in [9.17, 15) is 9.90 Å². The van der Waals surface area contributed by atoms with Crippen molar-refractivity contribution in [3.05, 3.63) is 34.9 Å². The molecule has 1 aromatic carbocycles. The Hall–Kier alpha value is -1.10. The maximum absolute atomic E-state index is 11.7. The number of hydrogen-bond donors (Lipinski definition) is 1. The minimum Gasteiger partial charge on any atom is -0.390 e. The van der Waals surface area contributed by atoms with Crippen molar-refractivity contribution in [3.63, 3.8) is 0 Å². The van der Waals surface area contributed by atoms with Crippen LogP contribution in [-0.4, -0.2) is 52.6 Å². The average molecular weight is 337 g/mol. The van der Waals surface area contributed by atoms with Crippen LogP contribution in [0.2, 0.25) is 5.02 Å². The predicted molar refractivity (Wildman–Crippen MR) is 91.4 cm³/mol. The molecule has 1 N–H and O–H groups in total. The molecule has 1 aliphatic heterocycles. The number of halogens is 1. The van der Waals surface area contributed by atoms with E-state index in [0.29, 0.717) is 25.6 Å². The van der Waals surface area contributed by atoms with Gasteiger partial charge in [0.25, 0.3) is 0 Å². The van der Waals surface area contributed by atoms with Crippen LogP contribution in [0.25, 0.3) is 0 Å². The molecule has 1 saturated carbocycles. The first-order valence-corrected chi connectivity index (χ1v) is 8.89. The van der Waals surface area contributed by atoms with E-state index in [4.69, 9.17) is 11.6 Å². The fourth-order valence-electron chi connectivity index (χ4n) is 3.41. The zero-order valence-electron chi connectivity index (χ0n) is 13.6. The summed E-state index contributed by atoms with van der Waals surface area (Å²) in [5, 5.41) is 11.2. The molecule has 1 heterocycles. The topological polar surface area (TPSA) is 43.8 Å². The Kier molecular flexibility index (Phi) is 5.24. The summed E-state index contributed by atoms with van der Waals surface area (Å²) in [6.45, 7) is 4.02. The van der Waals surface area contributed by atoms with Gasteiger partial charge >= 0.3 is 0 Å². The molecule has 1 amide bonds. The lowest BCUT2D eigenvalue weighted by atomic mass is 10.1. The molecule has 1 saturated heterocycles. The first-order chi connectivity index (χ1) is 11.0. The molecule has 2 fully saturated rings. The number of nitrogens with zero attached hydrogens (tertiary/aromatic N) is 2. The number of benzene rings is 1. The predicted octanol–water partition coefficient (Wildman–Crippen LogP) is 2.85. The van der Waals surface area contributed by atoms with E-state index in [0.717, 1.165) is 18.0 Å². The standard InChI is InChI=1S/C18H25ClN2O2/c1-13(14-4-6-15(19)7-5-14)21(16-8-9-16)12-17(22)11-20-10-2-3-18(20)23/h4-7,13,16-17,22H,2-3,8-12H2,1H3. The van der Waals surface area contributed by atoms with Crippen molar-refractivity contribution in [2.75, 3.05) is 19.6 Å². The number of aliphatic hydroxyl groups excluding tert-OH is 1. The van der Waals surface area contributed by atoms with Gasteiger partial charge in [-0.25, -0.2) is 0 Å². The van der Waals surface area contributed by atoms with Crippen LogP contribution in [0.3, 0.4) is 0 Å². The summed E-state index contributed by atoms with van der Waals surface area (Å²) in [6, 6.07) is 8.72. The number of likely N-dealkylation sites (tertiary alicyclic amines) is 1. The van der Waals surface area contributed by atoms with E-state index in [1.54, 1.807) is 4.90 Å². The van der Waals surface area contributed by atoms with E-state index in [1.165, 1.54) is 18.4 Å². The molecule has 1 aliphatic carbocycles. The van der Waals surface area contributed by atoms with Gasteiger partial charge in [0.15, 0.2) is 0 Å². The van der Waals surface area contributed by atoms with Gasteiger partial charge in [0.2, 0.25) is 5.91 Å². The SMILES string of the molecule is CC(c1ccc(Cl)cc1)N(CC(O)CN1CCCC1=O)C1CC1. The zero-order chi connectivity index (χ0) is 16.4. The summed E-state index contributed by atoms with van der Waals surface area (Å²) in [6.07, 6.45) is 3.42. The highest BCUT2D eigenvalue weighted by Gasteiger charge is 2.34. The van der Waals surface area contributed by atoms with Crippen molar-refractivity contribution < 1.29 is 9.90 Å². The molecule has 1 aromatic rings. The highest BCUT2D eigenvalue weighted by molar-refractivity contribution is 6.30. The molecule has 5 heteroatoms. The third-order valence-corrected chi connectivity index (χ3v) is 5.14. The van der Waals surface area contributed by atoms with Crippen molar-refractivity contribution in [1.82, 2.24) is 9.80 Å². The molecule has 0 spiro atoms. The minimum atomic E-state index is -0.493. The van der Waals surface area contributed by atoms with Crippen LogP contribution in [0.15, 0.2) is 24.3 Å². The summed E-state index contributed by atoms with van der Waals surface area (Å²) in [5.41, 5.74) is 1.21. The number of hydrogen-bond acceptors (Lipinski definition) is 3. The van der Waals surface area contributed by atoms with E-state index in [2.05, 4.69) is 24.0 Å². The lowest BCUT2D eigenvalue weighted by molar-refractivity contribution is -0.129. The second-order valence-electron chi connectivity index (χ2n) is 6.75. The molecule has 23 heavy (non-hydrogen) atoms. The fraction of sp³-hybridized carbons (Fsp3) is 0.611. The van der Waals surface area contributed by atoms with Crippen LogP contribution in [0, 0.1) is 0 Å². The van der Waals surface area contributed by atoms with Crippen molar-refractivity contribution in [1.29, 1.82) is 0 Å². The Bertz CT molecular complexity index is 544. The van der Waals surface area contributed by atoms with Crippen molar-refractivity contribution in [3.8, 4) is 0 Å². The van der Waals surface area contributed by atoms with Crippen LogP contribution >= 0.6 is 11.6 Å². The molecular weight excluding hydrogens is 312 g/mol. The van der Waals surface area contributed by atoms with E-state index < -0.39 is 6.10 Å². The van der Waals surface area contributed by atoms with Crippen LogP contribution in [0.1, 0.15) is 44.2 Å². The van der Waals surface area contributed by atoms with Gasteiger partial charge in [0, 0.05) is 43.2 Å². The normalized spacial score (nSPS) is 21.0. The summed E-state index contributed by atoms with van der Waals surface area (Å²) in [4.78, 5) is 15.9. The van der Waals surface area contributed by atoms with Crippen molar-refractivity contribution >= 4 is 17.5 Å². The fourth-order valence-corrected chi connectivity index (χ4v) is 3.54. The van der Waals surface area contributed by atoms with E-state index >= 15 is 0 Å². The smallest absolute Gasteiger partial charge is 0.222 e. The molecule has 4 nitrogen and oxygen atoms in total. The second-order valence-corrected chi connectivity index (χ2v) is 7.19. The zero-order valence-corrected chi connectivity index (χ0v) is 14.4. The Labute approximate surface area is 143 Å². The van der Waals surface area contributed by atoms with Crippen LogP contribution in [0.4, 0.5) is 0 Å². The minimum absolute atomic E-state index is 0.174. The first kappa shape index (κ1) is 16.7. The highest BCUT2D eigenvalue weighted by Crippen LogP contribution is 2.34. The Balaban J connectivity index is 1.62. The van der Waals surface area contributed by atoms with Gasteiger partial charge in [-0.1, -0.05) is 23.7 Å². The van der Waals surface area contributed by atoms with Crippen molar-refractivity contribution in [2.45, 2.75) is 50.8 Å². The molecule has 2 atom stereocenters. The third kappa shape index (κ3) is 4.25. The number of rotatable bonds is 7. The molecule has 2 aliphatic rings. The maximum atomic E-state index is 11.7. The van der Waals surface area contributed by atoms with Gasteiger partial charge in [-0.15, -0.1) is 0 Å². The van der Waals surface area contributed by atoms with Gasteiger partial charge in [-0.2, -0.15) is 0 Å². The number of β-amino-alcohol motifs (C(OH)–C–C–N with tert-alkyl or cyclic N) is 1. The van der Waals surface area contributed by atoms with Crippen LogP contribution < -0.4 is 0 Å². The Morgan fingerprint density at radius 1 is 1.35 bits per heavy atom. The third-order valence-electron chi connectivity index (χ3n) is 4.89. The van der Waals surface area contributed by atoms with E-state index in [1.807, 2.05) is 12.1 Å². The van der Waals surface area contributed by atoms with Gasteiger partial charge in [-0.05, 0) is 43.9 Å². The first-order valence-electron chi connectivity index (χ1n) is 8.51. The number of amides is 1. The van der Waals surface area contributed by atoms with Gasteiger partial charge in [0.05, 0.1) is 6.10 Å². The van der Waals surface area contributed by atoms with Crippen LogP contribution in [0.5, 0.6) is 0 Å². The Morgan fingerprint density at radius 2 is 2.04 bits per heavy atom. The number of aliphatic hydroxyl groups is 1. The van der Waals surface area contributed by atoms with E-state index in [-0.39, 0.29) is 11.9 Å². The molecule has 2 unspecified atom stereocenters. The number of carbonyl (C=O) groups excluding carboxylic acids is 1. The lowest BCUT2D eigenvalue weighted by Gasteiger charge is -2.32. The molecule has 0 radical (unpaired) electrons. The largest absolute Gasteiger partial charge is 0.390 e.